The standard InChI is InChI=1S/C24H26N6O2/c1-17-13-27-23(25-11-10-18-6-4-3-5-7-18)24(32)30(17)16-22(31)26-14-19-8-9-21-20(12-19)15-28-29(21)2/h3-9,12-13,15H,10-11,14,16H2,1-2H3,(H,25,27)(H,26,31). The molecule has 4 aromatic rings. The van der Waals surface area contributed by atoms with Crippen LogP contribution in [0.2, 0.25) is 0 Å². The first-order valence-corrected chi connectivity index (χ1v) is 10.5. The van der Waals surface area contributed by atoms with E-state index < -0.39 is 0 Å². The molecule has 1 amide bonds. The SMILES string of the molecule is Cc1cnc(NCCc2ccccc2)c(=O)n1CC(=O)NCc1ccc2c(cnn2C)c1. The van der Waals surface area contributed by atoms with Gasteiger partial charge in [-0.15, -0.1) is 0 Å². The molecule has 0 saturated heterocycles. The molecular weight excluding hydrogens is 404 g/mol. The van der Waals surface area contributed by atoms with Gasteiger partial charge in [-0.2, -0.15) is 5.10 Å². The Balaban J connectivity index is 1.37. The molecule has 164 valence electrons. The zero-order valence-corrected chi connectivity index (χ0v) is 18.2. The van der Waals surface area contributed by atoms with Gasteiger partial charge in [-0.1, -0.05) is 36.4 Å². The minimum atomic E-state index is -0.301. The van der Waals surface area contributed by atoms with E-state index in [0.717, 1.165) is 22.9 Å². The highest BCUT2D eigenvalue weighted by atomic mass is 16.2. The van der Waals surface area contributed by atoms with E-state index in [9.17, 15) is 9.59 Å². The van der Waals surface area contributed by atoms with Crippen molar-refractivity contribution in [1.82, 2.24) is 24.6 Å². The fraction of sp³-hybridized carbons (Fsp3) is 0.250. The average Bonchev–Trinajstić information content (AvgIpc) is 3.17. The van der Waals surface area contributed by atoms with Gasteiger partial charge in [-0.3, -0.25) is 18.8 Å². The summed E-state index contributed by atoms with van der Waals surface area (Å²) in [6.45, 7) is 2.67. The summed E-state index contributed by atoms with van der Waals surface area (Å²) < 4.78 is 3.25. The van der Waals surface area contributed by atoms with Gasteiger partial charge in [-0.05, 0) is 36.6 Å². The smallest absolute Gasteiger partial charge is 0.293 e. The van der Waals surface area contributed by atoms with E-state index in [2.05, 4.69) is 20.7 Å². The Hall–Kier alpha value is -3.94. The van der Waals surface area contributed by atoms with E-state index in [1.165, 1.54) is 10.1 Å². The van der Waals surface area contributed by atoms with Gasteiger partial charge in [0.2, 0.25) is 5.91 Å². The Kier molecular flexibility index (Phi) is 6.30. The van der Waals surface area contributed by atoms with E-state index in [0.29, 0.717) is 18.8 Å². The summed E-state index contributed by atoms with van der Waals surface area (Å²) in [7, 11) is 1.89. The normalized spacial score (nSPS) is 10.9. The first-order valence-electron chi connectivity index (χ1n) is 10.5. The third kappa shape index (κ3) is 4.85. The van der Waals surface area contributed by atoms with Crippen LogP contribution in [0.15, 0.2) is 65.7 Å². The lowest BCUT2D eigenvalue weighted by atomic mass is 10.1. The van der Waals surface area contributed by atoms with Gasteiger partial charge in [0.15, 0.2) is 5.82 Å². The number of amides is 1. The van der Waals surface area contributed by atoms with Crippen LogP contribution in [0.4, 0.5) is 5.82 Å². The molecule has 0 saturated carbocycles. The van der Waals surface area contributed by atoms with E-state index >= 15 is 0 Å². The van der Waals surface area contributed by atoms with Crippen LogP contribution >= 0.6 is 0 Å². The summed E-state index contributed by atoms with van der Waals surface area (Å²) in [5.74, 6) is 0.0179. The quantitative estimate of drug-likeness (QED) is 0.448. The first-order chi connectivity index (χ1) is 15.5. The Morgan fingerprint density at radius 1 is 1.06 bits per heavy atom. The number of nitrogens with one attached hydrogen (secondary N) is 2. The number of aryl methyl sites for hydroxylation is 2. The fourth-order valence-electron chi connectivity index (χ4n) is 3.58. The van der Waals surface area contributed by atoms with Crippen molar-refractivity contribution >= 4 is 22.6 Å². The topological polar surface area (TPSA) is 93.8 Å². The molecule has 0 aliphatic rings. The molecule has 4 rings (SSSR count). The van der Waals surface area contributed by atoms with Crippen molar-refractivity contribution in [3.05, 3.63) is 88.1 Å². The predicted octanol–water partition coefficient (Wildman–Crippen LogP) is 2.41. The maximum absolute atomic E-state index is 12.8. The van der Waals surface area contributed by atoms with E-state index in [1.54, 1.807) is 19.3 Å². The Morgan fingerprint density at radius 2 is 1.88 bits per heavy atom. The maximum Gasteiger partial charge on any atom is 0.293 e. The van der Waals surface area contributed by atoms with Crippen molar-refractivity contribution in [2.75, 3.05) is 11.9 Å². The molecule has 2 heterocycles. The minimum absolute atomic E-state index is 0.0598. The second-order valence-corrected chi connectivity index (χ2v) is 7.74. The second-order valence-electron chi connectivity index (χ2n) is 7.74. The van der Waals surface area contributed by atoms with Crippen molar-refractivity contribution in [2.24, 2.45) is 7.05 Å². The van der Waals surface area contributed by atoms with Crippen LogP contribution in [0, 0.1) is 6.92 Å². The molecule has 2 aromatic heterocycles. The van der Waals surface area contributed by atoms with Gasteiger partial charge in [0.1, 0.15) is 6.54 Å². The summed E-state index contributed by atoms with van der Waals surface area (Å²) in [5.41, 5.74) is 3.52. The lowest BCUT2D eigenvalue weighted by molar-refractivity contribution is -0.121. The molecule has 0 fully saturated rings. The number of anilines is 1. The number of carbonyl (C=O) groups is 1. The number of benzene rings is 2. The van der Waals surface area contributed by atoms with Crippen molar-refractivity contribution in [3.8, 4) is 0 Å². The van der Waals surface area contributed by atoms with Crippen LogP contribution in [0.5, 0.6) is 0 Å². The van der Waals surface area contributed by atoms with Crippen LogP contribution < -0.4 is 16.2 Å². The number of hydrogen-bond acceptors (Lipinski definition) is 5. The largest absolute Gasteiger partial charge is 0.365 e. The highest BCUT2D eigenvalue weighted by molar-refractivity contribution is 5.80. The Labute approximate surface area is 185 Å². The molecule has 0 spiro atoms. The molecule has 32 heavy (non-hydrogen) atoms. The summed E-state index contributed by atoms with van der Waals surface area (Å²) in [4.78, 5) is 29.6. The van der Waals surface area contributed by atoms with E-state index in [-0.39, 0.29) is 23.8 Å². The van der Waals surface area contributed by atoms with Gasteiger partial charge in [0.05, 0.1) is 11.7 Å². The molecule has 0 unspecified atom stereocenters. The molecule has 0 aliphatic carbocycles. The van der Waals surface area contributed by atoms with Crippen molar-refractivity contribution in [1.29, 1.82) is 0 Å². The van der Waals surface area contributed by atoms with Crippen LogP contribution in [0.3, 0.4) is 0 Å². The second kappa shape index (κ2) is 9.47. The highest BCUT2D eigenvalue weighted by Crippen LogP contribution is 2.14. The highest BCUT2D eigenvalue weighted by Gasteiger charge is 2.12. The van der Waals surface area contributed by atoms with E-state index in [4.69, 9.17) is 0 Å². The molecule has 8 heteroatoms. The predicted molar refractivity (Wildman–Crippen MR) is 124 cm³/mol. The van der Waals surface area contributed by atoms with Crippen molar-refractivity contribution < 1.29 is 4.79 Å². The van der Waals surface area contributed by atoms with Gasteiger partial charge in [0.25, 0.3) is 5.56 Å². The number of rotatable bonds is 8. The van der Waals surface area contributed by atoms with E-state index in [1.807, 2.05) is 60.3 Å². The fourth-order valence-corrected chi connectivity index (χ4v) is 3.58. The molecular formula is C24H26N6O2. The molecule has 2 aromatic carbocycles. The maximum atomic E-state index is 12.8. The van der Waals surface area contributed by atoms with Crippen LogP contribution in [-0.2, 0) is 31.4 Å². The molecule has 0 atom stereocenters. The lowest BCUT2D eigenvalue weighted by Crippen LogP contribution is -2.34. The average molecular weight is 431 g/mol. The van der Waals surface area contributed by atoms with Crippen molar-refractivity contribution in [3.63, 3.8) is 0 Å². The summed E-state index contributed by atoms with van der Waals surface area (Å²) in [6.07, 6.45) is 4.18. The zero-order valence-electron chi connectivity index (χ0n) is 18.2. The van der Waals surface area contributed by atoms with Gasteiger partial charge in [-0.25, -0.2) is 4.98 Å². The molecule has 2 N–H and O–H groups in total. The van der Waals surface area contributed by atoms with Crippen LogP contribution in [-0.4, -0.2) is 31.8 Å². The Bertz CT molecular complexity index is 1290. The molecule has 0 aliphatic heterocycles. The monoisotopic (exact) mass is 430 g/mol. The van der Waals surface area contributed by atoms with Gasteiger partial charge >= 0.3 is 0 Å². The first kappa shape index (κ1) is 21.3. The number of nitrogens with zero attached hydrogens (tertiary/aromatic N) is 4. The van der Waals surface area contributed by atoms with Crippen LogP contribution in [0.1, 0.15) is 16.8 Å². The summed E-state index contributed by atoms with van der Waals surface area (Å²) in [5, 5.41) is 11.2. The Morgan fingerprint density at radius 3 is 2.69 bits per heavy atom. The third-order valence-electron chi connectivity index (χ3n) is 5.40. The number of carbonyl (C=O) groups excluding carboxylic acids is 1. The molecule has 0 radical (unpaired) electrons. The molecule has 0 bridgehead atoms. The van der Waals surface area contributed by atoms with Crippen molar-refractivity contribution in [2.45, 2.75) is 26.4 Å². The molecule has 8 nitrogen and oxygen atoms in total. The minimum Gasteiger partial charge on any atom is -0.365 e. The van der Waals surface area contributed by atoms with Crippen LogP contribution in [0.25, 0.3) is 10.9 Å². The van der Waals surface area contributed by atoms with Gasteiger partial charge < -0.3 is 10.6 Å². The number of fused-ring (bicyclic) bond motifs is 1. The number of aromatic nitrogens is 4. The summed E-state index contributed by atoms with van der Waals surface area (Å²) in [6, 6.07) is 16.0. The zero-order chi connectivity index (χ0) is 22.5. The lowest BCUT2D eigenvalue weighted by Gasteiger charge is -2.13. The van der Waals surface area contributed by atoms with Gasteiger partial charge in [0, 0.05) is 37.4 Å². The third-order valence-corrected chi connectivity index (χ3v) is 5.40. The number of hydrogen-bond donors (Lipinski definition) is 2. The summed E-state index contributed by atoms with van der Waals surface area (Å²) >= 11 is 0.